The number of halogens is 1. The smallest absolute Gasteiger partial charge is 0.240 e. The largest absolute Gasteiger partial charge is 0.437 e. The average molecular weight is 354 g/mol. The highest BCUT2D eigenvalue weighted by molar-refractivity contribution is 14.1. The molecule has 0 fully saturated rings. The second kappa shape index (κ2) is 4.58. The van der Waals surface area contributed by atoms with Crippen LogP contribution in [0.1, 0.15) is 0 Å². The van der Waals surface area contributed by atoms with Crippen molar-refractivity contribution in [2.45, 2.75) is 0 Å². The van der Waals surface area contributed by atoms with Crippen LogP contribution in [-0.4, -0.2) is 9.97 Å². The minimum atomic E-state index is 0.617. The quantitative estimate of drug-likeness (QED) is 0.651. The Hall–Kier alpha value is -1.21. The van der Waals surface area contributed by atoms with Crippen LogP contribution in [0.5, 0.6) is 11.6 Å². The third-order valence-corrected chi connectivity index (χ3v) is 3.85. The zero-order chi connectivity index (χ0) is 11.7. The lowest BCUT2D eigenvalue weighted by molar-refractivity contribution is 0.469. The minimum Gasteiger partial charge on any atom is -0.437 e. The maximum absolute atomic E-state index is 5.76. The summed E-state index contributed by atoms with van der Waals surface area (Å²) in [5.74, 6) is 1.41. The average Bonchev–Trinajstić information content (AvgIpc) is 2.81. The van der Waals surface area contributed by atoms with Crippen molar-refractivity contribution >= 4 is 44.1 Å². The molecule has 0 amide bonds. The van der Waals surface area contributed by atoms with Crippen LogP contribution >= 0.6 is 33.9 Å². The number of nitrogens with zero attached hydrogens (tertiary/aromatic N) is 2. The van der Waals surface area contributed by atoms with Gasteiger partial charge in [-0.3, -0.25) is 0 Å². The van der Waals surface area contributed by atoms with Crippen molar-refractivity contribution in [2.24, 2.45) is 0 Å². The molecular formula is C12H7IN2OS. The number of hydrogen-bond donors (Lipinski definition) is 0. The summed E-state index contributed by atoms with van der Waals surface area (Å²) in [5, 5.41) is 1.99. The first-order valence-electron chi connectivity index (χ1n) is 4.94. The van der Waals surface area contributed by atoms with Crippen molar-refractivity contribution < 1.29 is 4.74 Å². The third kappa shape index (κ3) is 2.25. The van der Waals surface area contributed by atoms with Gasteiger partial charge in [0.25, 0.3) is 0 Å². The Labute approximate surface area is 116 Å². The van der Waals surface area contributed by atoms with Crippen LogP contribution in [-0.2, 0) is 0 Å². The van der Waals surface area contributed by atoms with E-state index in [1.165, 1.54) is 9.90 Å². The van der Waals surface area contributed by atoms with Crippen LogP contribution in [0.25, 0.3) is 10.2 Å². The lowest BCUT2D eigenvalue weighted by atomic mass is 10.3. The zero-order valence-electron chi connectivity index (χ0n) is 8.63. The molecule has 3 nitrogen and oxygen atoms in total. The zero-order valence-corrected chi connectivity index (χ0v) is 11.6. The van der Waals surface area contributed by atoms with E-state index in [2.05, 4.69) is 32.6 Å². The molecule has 3 aromatic rings. The highest BCUT2D eigenvalue weighted by Crippen LogP contribution is 2.30. The minimum absolute atomic E-state index is 0.617. The van der Waals surface area contributed by atoms with Crippen molar-refractivity contribution in [2.75, 3.05) is 0 Å². The molecular weight excluding hydrogens is 347 g/mol. The van der Waals surface area contributed by atoms with Gasteiger partial charge in [-0.1, -0.05) is 0 Å². The van der Waals surface area contributed by atoms with E-state index >= 15 is 0 Å². The molecule has 0 aliphatic carbocycles. The summed E-state index contributed by atoms with van der Waals surface area (Å²) in [6, 6.07) is 9.83. The van der Waals surface area contributed by atoms with Gasteiger partial charge in [0.2, 0.25) is 5.88 Å². The summed E-state index contributed by atoms with van der Waals surface area (Å²) in [7, 11) is 0. The van der Waals surface area contributed by atoms with Gasteiger partial charge in [0.05, 0.1) is 5.52 Å². The van der Waals surface area contributed by atoms with Gasteiger partial charge in [0.1, 0.15) is 16.8 Å². The van der Waals surface area contributed by atoms with E-state index in [4.69, 9.17) is 4.74 Å². The topological polar surface area (TPSA) is 35.0 Å². The number of aromatic nitrogens is 2. The molecule has 0 bridgehead atoms. The first-order valence-corrected chi connectivity index (χ1v) is 6.90. The normalized spacial score (nSPS) is 10.6. The molecule has 1 aromatic carbocycles. The van der Waals surface area contributed by atoms with Crippen molar-refractivity contribution in [1.29, 1.82) is 0 Å². The van der Waals surface area contributed by atoms with E-state index in [1.54, 1.807) is 11.3 Å². The molecule has 0 unspecified atom stereocenters. The van der Waals surface area contributed by atoms with Crippen molar-refractivity contribution in [3.63, 3.8) is 0 Å². The summed E-state index contributed by atoms with van der Waals surface area (Å²) >= 11 is 3.85. The first-order chi connectivity index (χ1) is 8.33. The van der Waals surface area contributed by atoms with E-state index in [0.29, 0.717) is 5.88 Å². The first kappa shape index (κ1) is 10.9. The van der Waals surface area contributed by atoms with Crippen LogP contribution in [0, 0.1) is 3.57 Å². The van der Waals surface area contributed by atoms with E-state index < -0.39 is 0 Å². The molecule has 0 aliphatic rings. The molecule has 0 atom stereocenters. The van der Waals surface area contributed by atoms with Crippen LogP contribution in [0.3, 0.4) is 0 Å². The lowest BCUT2D eigenvalue weighted by Gasteiger charge is -2.04. The molecule has 2 heterocycles. The van der Waals surface area contributed by atoms with Crippen molar-refractivity contribution in [1.82, 2.24) is 9.97 Å². The van der Waals surface area contributed by atoms with Crippen molar-refractivity contribution in [3.05, 3.63) is 45.6 Å². The van der Waals surface area contributed by atoms with Crippen LogP contribution in [0.4, 0.5) is 0 Å². The molecule has 5 heteroatoms. The van der Waals surface area contributed by atoms with Crippen LogP contribution in [0.15, 0.2) is 42.0 Å². The monoisotopic (exact) mass is 354 g/mol. The number of rotatable bonds is 2. The molecule has 0 N–H and O–H groups in total. The maximum Gasteiger partial charge on any atom is 0.240 e. The fraction of sp³-hybridized carbons (Fsp3) is 0. The Morgan fingerprint density at radius 3 is 2.71 bits per heavy atom. The van der Waals surface area contributed by atoms with E-state index in [1.807, 2.05) is 35.7 Å². The lowest BCUT2D eigenvalue weighted by Crippen LogP contribution is -1.88. The number of benzene rings is 1. The SMILES string of the molecule is Ic1ccc(Oc2ncnc3ccsc23)cc1. The van der Waals surface area contributed by atoms with Gasteiger partial charge < -0.3 is 4.74 Å². The van der Waals surface area contributed by atoms with Crippen LogP contribution in [0.2, 0.25) is 0 Å². The highest BCUT2D eigenvalue weighted by Gasteiger charge is 2.06. The van der Waals surface area contributed by atoms with Crippen molar-refractivity contribution in [3.8, 4) is 11.6 Å². The molecule has 0 spiro atoms. The Kier molecular flexibility index (Phi) is 2.94. The predicted octanol–water partition coefficient (Wildman–Crippen LogP) is 4.09. The second-order valence-corrected chi connectivity index (χ2v) is 5.53. The summed E-state index contributed by atoms with van der Waals surface area (Å²) in [5.41, 5.74) is 0.922. The second-order valence-electron chi connectivity index (χ2n) is 3.37. The Bertz CT molecular complexity index is 651. The molecule has 0 aliphatic heterocycles. The molecule has 2 aromatic heterocycles. The molecule has 17 heavy (non-hydrogen) atoms. The van der Waals surface area contributed by atoms with Gasteiger partial charge in [-0.2, -0.15) is 0 Å². The Balaban J connectivity index is 1.99. The fourth-order valence-electron chi connectivity index (χ4n) is 1.45. The van der Waals surface area contributed by atoms with Gasteiger partial charge in [-0.15, -0.1) is 11.3 Å². The summed E-state index contributed by atoms with van der Waals surface area (Å²) in [6.07, 6.45) is 1.52. The Morgan fingerprint density at radius 1 is 1.06 bits per heavy atom. The predicted molar refractivity (Wildman–Crippen MR) is 76.6 cm³/mol. The van der Waals surface area contributed by atoms with E-state index in [-0.39, 0.29) is 0 Å². The number of hydrogen-bond acceptors (Lipinski definition) is 4. The maximum atomic E-state index is 5.76. The Morgan fingerprint density at radius 2 is 1.88 bits per heavy atom. The number of ether oxygens (including phenoxy) is 1. The summed E-state index contributed by atoms with van der Waals surface area (Å²) in [6.45, 7) is 0. The molecule has 0 saturated carbocycles. The van der Waals surface area contributed by atoms with Gasteiger partial charge in [-0.05, 0) is 58.3 Å². The third-order valence-electron chi connectivity index (χ3n) is 2.24. The van der Waals surface area contributed by atoms with Gasteiger partial charge in [0, 0.05) is 3.57 Å². The van der Waals surface area contributed by atoms with E-state index in [9.17, 15) is 0 Å². The van der Waals surface area contributed by atoms with Gasteiger partial charge in [0.15, 0.2) is 0 Å². The van der Waals surface area contributed by atoms with E-state index in [0.717, 1.165) is 16.0 Å². The number of thiophene rings is 1. The van der Waals surface area contributed by atoms with Gasteiger partial charge in [-0.25, -0.2) is 9.97 Å². The summed E-state index contributed by atoms with van der Waals surface area (Å²) < 4.78 is 7.92. The molecule has 3 rings (SSSR count). The number of fused-ring (bicyclic) bond motifs is 1. The fourth-order valence-corrected chi connectivity index (χ4v) is 2.58. The molecule has 0 radical (unpaired) electrons. The standard InChI is InChI=1S/C12H7IN2OS/c13-8-1-3-9(4-2-8)16-12-11-10(5-6-17-11)14-7-15-12/h1-7H. The summed E-state index contributed by atoms with van der Waals surface area (Å²) in [4.78, 5) is 8.35. The van der Waals surface area contributed by atoms with Crippen LogP contribution < -0.4 is 4.74 Å². The molecule has 84 valence electrons. The van der Waals surface area contributed by atoms with Gasteiger partial charge >= 0.3 is 0 Å². The highest BCUT2D eigenvalue weighted by atomic mass is 127. The molecule has 0 saturated heterocycles.